The van der Waals surface area contributed by atoms with Crippen LogP contribution in [0.25, 0.3) is 10.8 Å². The summed E-state index contributed by atoms with van der Waals surface area (Å²) < 4.78 is 5.91. The van der Waals surface area contributed by atoms with E-state index < -0.39 is 0 Å². The minimum Gasteiger partial charge on any atom is -0.494 e. The van der Waals surface area contributed by atoms with Crippen molar-refractivity contribution in [1.29, 1.82) is 0 Å². The minimum absolute atomic E-state index is 0.424. The standard InChI is InChI=1S/C18H23NO/c1-3-13-11-12-19-18(13)17-15-8-6-5-7-14(15)9-10-16(17)20-4-2/h5-10,13,18-19H,3-4,11-12H2,1-2H3. The van der Waals surface area contributed by atoms with Gasteiger partial charge in [-0.2, -0.15) is 0 Å². The molecule has 3 rings (SSSR count). The normalized spacial score (nSPS) is 22.3. The summed E-state index contributed by atoms with van der Waals surface area (Å²) >= 11 is 0. The minimum atomic E-state index is 0.424. The SMILES string of the molecule is CCOc1ccc2ccccc2c1C1NCCC1CC. The first-order valence-corrected chi connectivity index (χ1v) is 7.73. The Morgan fingerprint density at radius 3 is 2.80 bits per heavy atom. The van der Waals surface area contributed by atoms with Gasteiger partial charge in [-0.15, -0.1) is 0 Å². The number of ether oxygens (including phenoxy) is 1. The second-order valence-electron chi connectivity index (χ2n) is 5.52. The van der Waals surface area contributed by atoms with E-state index >= 15 is 0 Å². The lowest BCUT2D eigenvalue weighted by atomic mass is 9.88. The number of benzene rings is 2. The van der Waals surface area contributed by atoms with Gasteiger partial charge in [-0.25, -0.2) is 0 Å². The van der Waals surface area contributed by atoms with E-state index in [9.17, 15) is 0 Å². The fourth-order valence-electron chi connectivity index (χ4n) is 3.41. The largest absolute Gasteiger partial charge is 0.494 e. The predicted molar refractivity (Wildman–Crippen MR) is 84.3 cm³/mol. The summed E-state index contributed by atoms with van der Waals surface area (Å²) in [5.74, 6) is 1.75. The first-order chi connectivity index (χ1) is 9.85. The van der Waals surface area contributed by atoms with Crippen LogP contribution in [0.2, 0.25) is 0 Å². The molecule has 0 saturated carbocycles. The van der Waals surface area contributed by atoms with Gasteiger partial charge in [-0.05, 0) is 42.6 Å². The van der Waals surface area contributed by atoms with Gasteiger partial charge in [-0.1, -0.05) is 43.7 Å². The maximum atomic E-state index is 5.91. The number of nitrogens with one attached hydrogen (secondary N) is 1. The summed E-state index contributed by atoms with van der Waals surface area (Å²) in [7, 11) is 0. The van der Waals surface area contributed by atoms with Crippen LogP contribution < -0.4 is 10.1 Å². The maximum absolute atomic E-state index is 5.91. The van der Waals surface area contributed by atoms with Crippen LogP contribution in [-0.4, -0.2) is 13.2 Å². The van der Waals surface area contributed by atoms with Crippen LogP contribution in [0.5, 0.6) is 5.75 Å². The zero-order valence-electron chi connectivity index (χ0n) is 12.4. The molecule has 2 heteroatoms. The molecule has 1 fully saturated rings. The van der Waals surface area contributed by atoms with Gasteiger partial charge in [0.15, 0.2) is 0 Å². The highest BCUT2D eigenvalue weighted by molar-refractivity contribution is 5.88. The third kappa shape index (κ3) is 2.29. The number of rotatable bonds is 4. The maximum Gasteiger partial charge on any atom is 0.124 e. The number of fused-ring (bicyclic) bond motifs is 1. The average molecular weight is 269 g/mol. The quantitative estimate of drug-likeness (QED) is 0.893. The van der Waals surface area contributed by atoms with Gasteiger partial charge in [0.05, 0.1) is 6.61 Å². The van der Waals surface area contributed by atoms with Gasteiger partial charge in [0.25, 0.3) is 0 Å². The van der Waals surface area contributed by atoms with Gasteiger partial charge in [0.2, 0.25) is 0 Å². The van der Waals surface area contributed by atoms with E-state index in [4.69, 9.17) is 4.74 Å². The van der Waals surface area contributed by atoms with E-state index in [-0.39, 0.29) is 0 Å². The third-order valence-corrected chi connectivity index (χ3v) is 4.42. The summed E-state index contributed by atoms with van der Waals surface area (Å²) in [5.41, 5.74) is 1.36. The third-order valence-electron chi connectivity index (χ3n) is 4.42. The van der Waals surface area contributed by atoms with Crippen molar-refractivity contribution in [3.05, 3.63) is 42.0 Å². The van der Waals surface area contributed by atoms with Crippen LogP contribution in [0.3, 0.4) is 0 Å². The molecule has 1 aliphatic heterocycles. The molecule has 2 aromatic carbocycles. The number of hydrogen-bond acceptors (Lipinski definition) is 2. The molecule has 0 spiro atoms. The molecule has 0 bridgehead atoms. The van der Waals surface area contributed by atoms with Gasteiger partial charge in [-0.3, -0.25) is 0 Å². The lowest BCUT2D eigenvalue weighted by molar-refractivity contribution is 0.328. The van der Waals surface area contributed by atoms with Crippen molar-refractivity contribution >= 4 is 10.8 Å². The van der Waals surface area contributed by atoms with Gasteiger partial charge in [0.1, 0.15) is 5.75 Å². The molecule has 0 radical (unpaired) electrons. The zero-order valence-corrected chi connectivity index (χ0v) is 12.4. The van der Waals surface area contributed by atoms with E-state index in [2.05, 4.69) is 55.6 Å². The second-order valence-corrected chi connectivity index (χ2v) is 5.52. The smallest absolute Gasteiger partial charge is 0.124 e. The van der Waals surface area contributed by atoms with Crippen LogP contribution in [0.4, 0.5) is 0 Å². The topological polar surface area (TPSA) is 21.3 Å². The Labute approximate surface area is 121 Å². The Hall–Kier alpha value is -1.54. The van der Waals surface area contributed by atoms with Gasteiger partial charge >= 0.3 is 0 Å². The van der Waals surface area contributed by atoms with E-state index in [0.717, 1.165) is 18.9 Å². The van der Waals surface area contributed by atoms with Crippen molar-refractivity contribution < 1.29 is 4.74 Å². The van der Waals surface area contributed by atoms with Crippen LogP contribution in [-0.2, 0) is 0 Å². The fraction of sp³-hybridized carbons (Fsp3) is 0.444. The van der Waals surface area contributed by atoms with E-state index in [0.29, 0.717) is 12.0 Å². The first-order valence-electron chi connectivity index (χ1n) is 7.73. The number of hydrogen-bond donors (Lipinski definition) is 1. The Kier molecular flexibility index (Phi) is 3.93. The van der Waals surface area contributed by atoms with Crippen LogP contribution >= 0.6 is 0 Å². The molecular weight excluding hydrogens is 246 g/mol. The van der Waals surface area contributed by atoms with Crippen molar-refractivity contribution in [3.63, 3.8) is 0 Å². The molecule has 2 unspecified atom stereocenters. The van der Waals surface area contributed by atoms with Crippen molar-refractivity contribution in [2.75, 3.05) is 13.2 Å². The molecule has 2 nitrogen and oxygen atoms in total. The van der Waals surface area contributed by atoms with Crippen LogP contribution in [0, 0.1) is 5.92 Å². The molecule has 2 aromatic rings. The molecule has 0 aromatic heterocycles. The van der Waals surface area contributed by atoms with Crippen molar-refractivity contribution in [3.8, 4) is 5.75 Å². The summed E-state index contributed by atoms with van der Waals surface area (Å²) in [6.45, 7) is 6.17. The highest BCUT2D eigenvalue weighted by Gasteiger charge is 2.30. The summed E-state index contributed by atoms with van der Waals surface area (Å²) in [6, 6.07) is 13.4. The molecule has 106 valence electrons. The van der Waals surface area contributed by atoms with Crippen molar-refractivity contribution in [2.24, 2.45) is 5.92 Å². The molecule has 1 N–H and O–H groups in total. The predicted octanol–water partition coefficient (Wildman–Crippen LogP) is 4.30. The molecule has 0 amide bonds. The summed E-state index contributed by atoms with van der Waals surface area (Å²) in [5, 5.41) is 6.32. The highest BCUT2D eigenvalue weighted by Crippen LogP contribution is 2.40. The Bertz CT molecular complexity index is 593. The monoisotopic (exact) mass is 269 g/mol. The average Bonchev–Trinajstić information content (AvgIpc) is 2.95. The van der Waals surface area contributed by atoms with Crippen molar-refractivity contribution in [1.82, 2.24) is 5.32 Å². The molecule has 0 aliphatic carbocycles. The Morgan fingerprint density at radius 1 is 1.15 bits per heavy atom. The van der Waals surface area contributed by atoms with Gasteiger partial charge < -0.3 is 10.1 Å². The van der Waals surface area contributed by atoms with Crippen LogP contribution in [0.15, 0.2) is 36.4 Å². The first kappa shape index (κ1) is 13.4. The lowest BCUT2D eigenvalue weighted by Crippen LogP contribution is -2.19. The molecule has 2 atom stereocenters. The van der Waals surface area contributed by atoms with E-state index in [1.54, 1.807) is 0 Å². The summed E-state index contributed by atoms with van der Waals surface area (Å²) in [4.78, 5) is 0. The fourth-order valence-corrected chi connectivity index (χ4v) is 3.41. The van der Waals surface area contributed by atoms with E-state index in [1.165, 1.54) is 29.2 Å². The second kappa shape index (κ2) is 5.84. The highest BCUT2D eigenvalue weighted by atomic mass is 16.5. The Morgan fingerprint density at radius 2 is 2.00 bits per heavy atom. The lowest BCUT2D eigenvalue weighted by Gasteiger charge is -2.23. The zero-order chi connectivity index (χ0) is 13.9. The molecular formula is C18H23NO. The molecule has 1 saturated heterocycles. The molecule has 1 aliphatic rings. The van der Waals surface area contributed by atoms with Crippen LogP contribution in [0.1, 0.15) is 38.3 Å². The molecule has 20 heavy (non-hydrogen) atoms. The molecule has 1 heterocycles. The summed E-state index contributed by atoms with van der Waals surface area (Å²) in [6.07, 6.45) is 2.47. The van der Waals surface area contributed by atoms with Crippen molar-refractivity contribution in [2.45, 2.75) is 32.7 Å². The van der Waals surface area contributed by atoms with Gasteiger partial charge in [0, 0.05) is 11.6 Å². The van der Waals surface area contributed by atoms with E-state index in [1.807, 2.05) is 0 Å². The Balaban J connectivity index is 2.16.